The van der Waals surface area contributed by atoms with Crippen LogP contribution in [0.4, 0.5) is 5.95 Å². The molecule has 18 heavy (non-hydrogen) atoms. The summed E-state index contributed by atoms with van der Waals surface area (Å²) in [6.07, 6.45) is 4.40. The summed E-state index contributed by atoms with van der Waals surface area (Å²) in [5.74, 6) is 2.15. The largest absolute Gasteiger partial charge is 0.475 e. The van der Waals surface area contributed by atoms with Crippen LogP contribution in [0.2, 0.25) is 0 Å². The van der Waals surface area contributed by atoms with E-state index in [4.69, 9.17) is 4.74 Å². The number of anilines is 1. The van der Waals surface area contributed by atoms with Crippen molar-refractivity contribution in [1.29, 1.82) is 0 Å². The quantitative estimate of drug-likeness (QED) is 0.801. The van der Waals surface area contributed by atoms with Gasteiger partial charge in [-0.05, 0) is 32.6 Å². The van der Waals surface area contributed by atoms with Crippen LogP contribution in [0.15, 0.2) is 12.3 Å². The number of halogens is 1. The van der Waals surface area contributed by atoms with E-state index in [2.05, 4.69) is 30.8 Å². The maximum Gasteiger partial charge on any atom is 0.228 e. The molecule has 2 heterocycles. The lowest BCUT2D eigenvalue weighted by atomic mass is 10.0. The lowest BCUT2D eigenvalue weighted by molar-refractivity contribution is 0.232. The van der Waals surface area contributed by atoms with Crippen molar-refractivity contribution >= 4 is 21.9 Å². The summed E-state index contributed by atoms with van der Waals surface area (Å²) < 4.78 is 5.61. The maximum atomic E-state index is 5.61. The van der Waals surface area contributed by atoms with E-state index in [0.29, 0.717) is 11.8 Å². The predicted octanol–water partition coefficient (Wildman–Crippen LogP) is 2.88. The van der Waals surface area contributed by atoms with Crippen LogP contribution in [-0.4, -0.2) is 34.5 Å². The molecule has 1 unspecified atom stereocenters. The lowest BCUT2D eigenvalue weighted by Gasteiger charge is -2.31. The Hall–Kier alpha value is -0.840. The van der Waals surface area contributed by atoms with Crippen LogP contribution in [0.3, 0.4) is 0 Å². The van der Waals surface area contributed by atoms with E-state index in [9.17, 15) is 0 Å². The zero-order valence-corrected chi connectivity index (χ0v) is 12.6. The fourth-order valence-corrected chi connectivity index (χ4v) is 2.69. The van der Waals surface area contributed by atoms with E-state index in [1.165, 1.54) is 12.8 Å². The molecule has 1 aromatic heterocycles. The number of alkyl halides is 1. The Kier molecular flexibility index (Phi) is 4.80. The van der Waals surface area contributed by atoms with Crippen molar-refractivity contribution in [2.24, 2.45) is 5.92 Å². The van der Waals surface area contributed by atoms with Gasteiger partial charge in [0, 0.05) is 30.7 Å². The first kappa shape index (κ1) is 13.6. The molecule has 0 saturated carbocycles. The molecule has 2 rings (SSSR count). The van der Waals surface area contributed by atoms with Gasteiger partial charge < -0.3 is 9.64 Å². The second-order valence-corrected chi connectivity index (χ2v) is 5.62. The molecule has 100 valence electrons. The predicted molar refractivity (Wildman–Crippen MR) is 76.5 cm³/mol. The van der Waals surface area contributed by atoms with E-state index in [-0.39, 0.29) is 6.10 Å². The average Bonchev–Trinajstić information content (AvgIpc) is 2.38. The van der Waals surface area contributed by atoms with Crippen LogP contribution in [0.1, 0.15) is 26.7 Å². The monoisotopic (exact) mass is 313 g/mol. The van der Waals surface area contributed by atoms with Crippen molar-refractivity contribution in [2.75, 3.05) is 23.3 Å². The molecule has 1 aromatic rings. The molecule has 0 radical (unpaired) electrons. The standard InChI is InChI=1S/C13H20BrN3O/c1-10(2)18-12-5-6-15-13(16-12)17-7-3-4-11(8-14)9-17/h5-6,10-11H,3-4,7-9H2,1-2H3. The highest BCUT2D eigenvalue weighted by atomic mass is 79.9. The van der Waals surface area contributed by atoms with E-state index >= 15 is 0 Å². The smallest absolute Gasteiger partial charge is 0.228 e. The fourth-order valence-electron chi connectivity index (χ4n) is 2.16. The summed E-state index contributed by atoms with van der Waals surface area (Å²) >= 11 is 3.57. The number of rotatable bonds is 4. The Labute approximate surface area is 117 Å². The second kappa shape index (κ2) is 6.36. The van der Waals surface area contributed by atoms with Crippen LogP contribution >= 0.6 is 15.9 Å². The molecule has 0 amide bonds. The van der Waals surface area contributed by atoms with Gasteiger partial charge in [-0.1, -0.05) is 15.9 Å². The highest BCUT2D eigenvalue weighted by Crippen LogP contribution is 2.22. The summed E-state index contributed by atoms with van der Waals surface area (Å²) in [6, 6.07) is 1.81. The number of ether oxygens (including phenoxy) is 1. The third-order valence-corrected chi connectivity index (χ3v) is 3.91. The Morgan fingerprint density at radius 3 is 3.11 bits per heavy atom. The highest BCUT2D eigenvalue weighted by molar-refractivity contribution is 9.09. The van der Waals surface area contributed by atoms with Crippen molar-refractivity contribution in [3.63, 3.8) is 0 Å². The van der Waals surface area contributed by atoms with Gasteiger partial charge in [0.2, 0.25) is 11.8 Å². The molecule has 0 spiro atoms. The van der Waals surface area contributed by atoms with Crippen molar-refractivity contribution in [2.45, 2.75) is 32.8 Å². The molecule has 1 atom stereocenters. The van der Waals surface area contributed by atoms with E-state index in [1.54, 1.807) is 6.20 Å². The average molecular weight is 314 g/mol. The molecular formula is C13H20BrN3O. The third-order valence-electron chi connectivity index (χ3n) is 2.99. The van der Waals surface area contributed by atoms with Crippen LogP contribution in [0.5, 0.6) is 5.88 Å². The van der Waals surface area contributed by atoms with Gasteiger partial charge in [0.1, 0.15) is 0 Å². The SMILES string of the molecule is CC(C)Oc1ccnc(N2CCCC(CBr)C2)n1. The first-order valence-corrected chi connectivity index (χ1v) is 7.62. The van der Waals surface area contributed by atoms with Crippen molar-refractivity contribution < 1.29 is 4.74 Å². The van der Waals surface area contributed by atoms with Crippen molar-refractivity contribution in [1.82, 2.24) is 9.97 Å². The van der Waals surface area contributed by atoms with E-state index < -0.39 is 0 Å². The Bertz CT molecular complexity index is 386. The number of aromatic nitrogens is 2. The van der Waals surface area contributed by atoms with Gasteiger partial charge in [0.05, 0.1) is 6.10 Å². The van der Waals surface area contributed by atoms with Gasteiger partial charge in [-0.3, -0.25) is 0 Å². The van der Waals surface area contributed by atoms with Gasteiger partial charge in [-0.25, -0.2) is 4.98 Å². The molecule has 1 saturated heterocycles. The summed E-state index contributed by atoms with van der Waals surface area (Å²) in [6.45, 7) is 6.07. The molecule has 1 aliphatic heterocycles. The first-order valence-electron chi connectivity index (χ1n) is 6.49. The number of piperidine rings is 1. The van der Waals surface area contributed by atoms with Crippen molar-refractivity contribution in [3.8, 4) is 5.88 Å². The zero-order chi connectivity index (χ0) is 13.0. The number of nitrogens with zero attached hydrogens (tertiary/aromatic N) is 3. The molecule has 0 aliphatic carbocycles. The minimum Gasteiger partial charge on any atom is -0.475 e. The molecule has 0 N–H and O–H groups in total. The van der Waals surface area contributed by atoms with E-state index in [1.807, 2.05) is 19.9 Å². The molecule has 1 fully saturated rings. The first-order chi connectivity index (χ1) is 8.69. The van der Waals surface area contributed by atoms with Gasteiger partial charge in [-0.2, -0.15) is 4.98 Å². The Morgan fingerprint density at radius 1 is 1.56 bits per heavy atom. The van der Waals surface area contributed by atoms with Crippen LogP contribution in [0, 0.1) is 5.92 Å². The second-order valence-electron chi connectivity index (χ2n) is 4.97. The van der Waals surface area contributed by atoms with Gasteiger partial charge in [0.15, 0.2) is 0 Å². The van der Waals surface area contributed by atoms with Gasteiger partial charge in [0.25, 0.3) is 0 Å². The minimum atomic E-state index is 0.143. The van der Waals surface area contributed by atoms with Gasteiger partial charge >= 0.3 is 0 Å². The molecular weight excluding hydrogens is 294 g/mol. The summed E-state index contributed by atoms with van der Waals surface area (Å²) in [5, 5.41) is 1.05. The van der Waals surface area contributed by atoms with E-state index in [0.717, 1.165) is 24.4 Å². The number of hydrogen-bond acceptors (Lipinski definition) is 4. The Morgan fingerprint density at radius 2 is 2.39 bits per heavy atom. The molecule has 0 aromatic carbocycles. The molecule has 5 heteroatoms. The topological polar surface area (TPSA) is 38.2 Å². The third kappa shape index (κ3) is 3.57. The maximum absolute atomic E-state index is 5.61. The fraction of sp³-hybridized carbons (Fsp3) is 0.692. The number of hydrogen-bond donors (Lipinski definition) is 0. The molecule has 1 aliphatic rings. The molecule has 4 nitrogen and oxygen atoms in total. The summed E-state index contributed by atoms with van der Waals surface area (Å²) in [7, 11) is 0. The highest BCUT2D eigenvalue weighted by Gasteiger charge is 2.21. The Balaban J connectivity index is 2.07. The van der Waals surface area contributed by atoms with Crippen LogP contribution in [-0.2, 0) is 0 Å². The molecule has 0 bridgehead atoms. The normalized spacial score (nSPS) is 20.2. The van der Waals surface area contributed by atoms with Crippen LogP contribution in [0.25, 0.3) is 0 Å². The minimum absolute atomic E-state index is 0.143. The zero-order valence-electron chi connectivity index (χ0n) is 11.0. The van der Waals surface area contributed by atoms with Crippen LogP contribution < -0.4 is 9.64 Å². The van der Waals surface area contributed by atoms with Gasteiger partial charge in [-0.15, -0.1) is 0 Å². The lowest BCUT2D eigenvalue weighted by Crippen LogP contribution is -2.37. The summed E-state index contributed by atoms with van der Waals surface area (Å²) in [4.78, 5) is 11.1. The van der Waals surface area contributed by atoms with Crippen molar-refractivity contribution in [3.05, 3.63) is 12.3 Å². The summed E-state index contributed by atoms with van der Waals surface area (Å²) in [5.41, 5.74) is 0.